The molecule has 0 fully saturated rings. The first-order chi connectivity index (χ1) is 9.66. The van der Waals surface area contributed by atoms with Gasteiger partial charge in [0.1, 0.15) is 0 Å². The van der Waals surface area contributed by atoms with Crippen LogP contribution in [0, 0.1) is 0 Å². The zero-order valence-electron chi connectivity index (χ0n) is 15.4. The lowest BCUT2D eigenvalue weighted by Crippen LogP contribution is -1.51. The van der Waals surface area contributed by atoms with Gasteiger partial charge in [-0.3, -0.25) is 0 Å². The SMILES string of the molecule is C/C=C/C.C/C=C/CC.C/C=C/CC.CC/C=C/CC. The second kappa shape index (κ2) is 43.0. The molecule has 0 atom stereocenters. The topological polar surface area (TPSA) is 0 Å². The summed E-state index contributed by atoms with van der Waals surface area (Å²) in [5, 5.41) is 0. The van der Waals surface area contributed by atoms with Gasteiger partial charge >= 0.3 is 0 Å². The Labute approximate surface area is 130 Å². The minimum absolute atomic E-state index is 1.16. The van der Waals surface area contributed by atoms with Gasteiger partial charge in [0.05, 0.1) is 0 Å². The van der Waals surface area contributed by atoms with Crippen LogP contribution >= 0.6 is 0 Å². The molecular weight excluding hydrogens is 240 g/mol. The minimum Gasteiger partial charge on any atom is -0.0919 e. The van der Waals surface area contributed by atoms with E-state index in [2.05, 4.69) is 64.2 Å². The Hall–Kier alpha value is -1.04. The summed E-state index contributed by atoms with van der Waals surface area (Å²) < 4.78 is 0. The van der Waals surface area contributed by atoms with Crippen LogP contribution in [-0.4, -0.2) is 0 Å². The van der Waals surface area contributed by atoms with Crippen molar-refractivity contribution in [1.29, 1.82) is 0 Å². The largest absolute Gasteiger partial charge is 0.0919 e. The lowest BCUT2D eigenvalue weighted by molar-refractivity contribution is 1.16. The Morgan fingerprint density at radius 2 is 0.650 bits per heavy atom. The summed E-state index contributed by atoms with van der Waals surface area (Å²) in [4.78, 5) is 0. The van der Waals surface area contributed by atoms with Gasteiger partial charge in [-0.05, 0) is 53.4 Å². The summed E-state index contributed by atoms with van der Waals surface area (Å²) in [6.45, 7) is 16.6. The molecule has 0 aliphatic rings. The van der Waals surface area contributed by atoms with E-state index in [9.17, 15) is 0 Å². The van der Waals surface area contributed by atoms with Crippen LogP contribution in [0.25, 0.3) is 0 Å². The number of rotatable bonds is 4. The third-order valence-corrected chi connectivity index (χ3v) is 1.91. The molecule has 0 unspecified atom stereocenters. The van der Waals surface area contributed by atoms with Crippen molar-refractivity contribution in [3.05, 3.63) is 48.6 Å². The molecule has 0 saturated carbocycles. The average molecular weight is 281 g/mol. The van der Waals surface area contributed by atoms with E-state index in [1.807, 2.05) is 39.8 Å². The van der Waals surface area contributed by atoms with Crippen molar-refractivity contribution in [1.82, 2.24) is 0 Å². The fourth-order valence-electron chi connectivity index (χ4n) is 0.805. The van der Waals surface area contributed by atoms with Crippen LogP contribution in [0.4, 0.5) is 0 Å². The first kappa shape index (κ1) is 27.3. The predicted octanol–water partition coefficient (Wildman–Crippen LogP) is 7.89. The fourth-order valence-corrected chi connectivity index (χ4v) is 0.805. The van der Waals surface area contributed by atoms with E-state index in [0.717, 1.165) is 12.8 Å². The molecule has 120 valence electrons. The van der Waals surface area contributed by atoms with Gasteiger partial charge in [-0.15, -0.1) is 0 Å². The van der Waals surface area contributed by atoms with Crippen LogP contribution in [0.2, 0.25) is 0 Å². The maximum atomic E-state index is 2.18. The quantitative estimate of drug-likeness (QED) is 0.459. The number of hydrogen-bond donors (Lipinski definition) is 0. The van der Waals surface area contributed by atoms with Crippen LogP contribution in [0.1, 0.15) is 81.1 Å². The summed E-state index contributed by atoms with van der Waals surface area (Å²) in [6, 6.07) is 0. The van der Waals surface area contributed by atoms with Crippen molar-refractivity contribution in [2.75, 3.05) is 0 Å². The monoisotopic (exact) mass is 280 g/mol. The molecule has 0 aliphatic carbocycles. The molecule has 0 spiro atoms. The Morgan fingerprint density at radius 1 is 0.400 bits per heavy atom. The van der Waals surface area contributed by atoms with Crippen LogP contribution in [0.3, 0.4) is 0 Å². The first-order valence-corrected chi connectivity index (χ1v) is 8.10. The maximum absolute atomic E-state index is 2.18. The van der Waals surface area contributed by atoms with Gasteiger partial charge in [-0.25, -0.2) is 0 Å². The first-order valence-electron chi connectivity index (χ1n) is 8.10. The maximum Gasteiger partial charge on any atom is -0.0379 e. The third kappa shape index (κ3) is 89.2. The Bertz CT molecular complexity index is 182. The molecule has 0 amide bonds. The van der Waals surface area contributed by atoms with E-state index in [1.165, 1.54) is 12.8 Å². The minimum atomic E-state index is 1.16. The molecule has 0 rings (SSSR count). The summed E-state index contributed by atoms with van der Waals surface area (Å²) in [6.07, 6.45) is 21.4. The summed E-state index contributed by atoms with van der Waals surface area (Å²) in [5.41, 5.74) is 0. The molecule has 0 aromatic heterocycles. The standard InChI is InChI=1S/C6H12.2C5H10.C4H8/c1-3-5-6-4-2;2*1-3-5-4-2;1-3-4-2/h5-6H,3-4H2,1-2H3;2*3,5H,4H2,1-2H3;3-4H,1-2H3/b6-5+;2*5-3+;4-3+. The molecular formula is C20H40. The highest BCUT2D eigenvalue weighted by Crippen LogP contribution is 1.81. The summed E-state index contributed by atoms with van der Waals surface area (Å²) in [7, 11) is 0. The van der Waals surface area contributed by atoms with E-state index in [4.69, 9.17) is 0 Å². The zero-order chi connectivity index (χ0) is 16.5. The van der Waals surface area contributed by atoms with E-state index < -0.39 is 0 Å². The lowest BCUT2D eigenvalue weighted by Gasteiger charge is -1.72. The van der Waals surface area contributed by atoms with Gasteiger partial charge in [-0.2, -0.15) is 0 Å². The summed E-state index contributed by atoms with van der Waals surface area (Å²) in [5.74, 6) is 0. The van der Waals surface area contributed by atoms with Gasteiger partial charge < -0.3 is 0 Å². The van der Waals surface area contributed by atoms with Gasteiger partial charge in [0.15, 0.2) is 0 Å². The molecule has 0 heteroatoms. The Kier molecular flexibility index (Phi) is 58.8. The van der Waals surface area contributed by atoms with Crippen molar-refractivity contribution in [2.45, 2.75) is 81.1 Å². The molecule has 0 bridgehead atoms. The van der Waals surface area contributed by atoms with E-state index in [-0.39, 0.29) is 0 Å². The normalized spacial score (nSPS) is 10.0. The van der Waals surface area contributed by atoms with Gasteiger partial charge in [0.25, 0.3) is 0 Å². The molecule has 0 radical (unpaired) electrons. The van der Waals surface area contributed by atoms with Crippen LogP contribution in [-0.2, 0) is 0 Å². The molecule has 0 N–H and O–H groups in total. The van der Waals surface area contributed by atoms with Gasteiger partial charge in [0.2, 0.25) is 0 Å². The van der Waals surface area contributed by atoms with Gasteiger partial charge in [-0.1, -0.05) is 76.3 Å². The molecule has 0 aliphatic heterocycles. The number of hydrogen-bond acceptors (Lipinski definition) is 0. The van der Waals surface area contributed by atoms with Crippen molar-refractivity contribution in [2.24, 2.45) is 0 Å². The second-order valence-corrected chi connectivity index (χ2v) is 3.91. The van der Waals surface area contributed by atoms with E-state index >= 15 is 0 Å². The molecule has 20 heavy (non-hydrogen) atoms. The molecule has 0 aromatic carbocycles. The highest BCUT2D eigenvalue weighted by atomic mass is 13.7. The molecule has 0 nitrogen and oxygen atoms in total. The predicted molar refractivity (Wildman–Crippen MR) is 100 cm³/mol. The molecule has 0 saturated heterocycles. The third-order valence-electron chi connectivity index (χ3n) is 1.91. The summed E-state index contributed by atoms with van der Waals surface area (Å²) >= 11 is 0. The van der Waals surface area contributed by atoms with Crippen LogP contribution in [0.15, 0.2) is 48.6 Å². The van der Waals surface area contributed by atoms with Crippen molar-refractivity contribution in [3.8, 4) is 0 Å². The lowest BCUT2D eigenvalue weighted by atomic mass is 10.4. The highest BCUT2D eigenvalue weighted by Gasteiger charge is 1.60. The second-order valence-electron chi connectivity index (χ2n) is 3.91. The van der Waals surface area contributed by atoms with Gasteiger partial charge in [0, 0.05) is 0 Å². The zero-order valence-corrected chi connectivity index (χ0v) is 15.4. The smallest absolute Gasteiger partial charge is 0.0379 e. The molecule has 0 aromatic rings. The average Bonchev–Trinajstić information content (AvgIpc) is 2.48. The highest BCUT2D eigenvalue weighted by molar-refractivity contribution is 4.77. The molecule has 0 heterocycles. The fraction of sp³-hybridized carbons (Fsp3) is 0.600. The van der Waals surface area contributed by atoms with E-state index in [1.54, 1.807) is 0 Å². The Morgan fingerprint density at radius 3 is 0.700 bits per heavy atom. The van der Waals surface area contributed by atoms with E-state index in [0.29, 0.717) is 0 Å². The van der Waals surface area contributed by atoms with Crippen LogP contribution in [0.5, 0.6) is 0 Å². The van der Waals surface area contributed by atoms with Crippen molar-refractivity contribution >= 4 is 0 Å². The van der Waals surface area contributed by atoms with Crippen molar-refractivity contribution < 1.29 is 0 Å². The Balaban J connectivity index is -0.0000000862. The number of allylic oxidation sites excluding steroid dienone is 8. The van der Waals surface area contributed by atoms with Crippen molar-refractivity contribution in [3.63, 3.8) is 0 Å². The van der Waals surface area contributed by atoms with Crippen LogP contribution < -0.4 is 0 Å².